The summed E-state index contributed by atoms with van der Waals surface area (Å²) >= 11 is 5.67. The van der Waals surface area contributed by atoms with Gasteiger partial charge in [-0.15, -0.1) is 11.3 Å². The van der Waals surface area contributed by atoms with Crippen LogP contribution in [0.1, 0.15) is 35.3 Å². The SMILES string of the molecule is CC(C)c1nc(CS(C)(=O)=O)sc1CS. The smallest absolute Gasteiger partial charge is 0.153 e. The number of thiol groups is 1. The third-order valence-electron chi connectivity index (χ3n) is 1.85. The zero-order valence-corrected chi connectivity index (χ0v) is 11.5. The number of nitrogens with zero attached hydrogens (tertiary/aromatic N) is 1. The maximum atomic E-state index is 11.1. The molecule has 0 saturated heterocycles. The summed E-state index contributed by atoms with van der Waals surface area (Å²) in [5, 5.41) is 0.672. The van der Waals surface area contributed by atoms with Crippen LogP contribution >= 0.6 is 24.0 Å². The number of hydrogen-bond donors (Lipinski definition) is 1. The topological polar surface area (TPSA) is 47.0 Å². The predicted molar refractivity (Wildman–Crippen MR) is 67.4 cm³/mol. The van der Waals surface area contributed by atoms with Crippen LogP contribution in [0.25, 0.3) is 0 Å². The van der Waals surface area contributed by atoms with Gasteiger partial charge in [0.05, 0.1) is 5.69 Å². The third-order valence-corrected chi connectivity index (χ3v) is 4.43. The molecule has 0 unspecified atom stereocenters. The molecule has 1 aromatic rings. The van der Waals surface area contributed by atoms with Crippen molar-refractivity contribution >= 4 is 33.8 Å². The lowest BCUT2D eigenvalue weighted by Crippen LogP contribution is -2.00. The summed E-state index contributed by atoms with van der Waals surface area (Å²) in [6, 6.07) is 0. The number of rotatable bonds is 4. The molecule has 1 heterocycles. The number of thiazole rings is 1. The summed E-state index contributed by atoms with van der Waals surface area (Å²) in [5.41, 5.74) is 0.980. The van der Waals surface area contributed by atoms with Crippen LogP contribution in [-0.4, -0.2) is 19.7 Å². The van der Waals surface area contributed by atoms with Crippen LogP contribution < -0.4 is 0 Å². The van der Waals surface area contributed by atoms with Gasteiger partial charge in [-0.05, 0) is 5.92 Å². The standard InChI is InChI=1S/C9H15NO2S3/c1-6(2)9-7(4-13)14-8(10-9)5-15(3,11)12/h6,13H,4-5H2,1-3H3. The quantitative estimate of drug-likeness (QED) is 0.849. The summed E-state index contributed by atoms with van der Waals surface area (Å²) < 4.78 is 22.3. The Balaban J connectivity index is 3.03. The molecule has 15 heavy (non-hydrogen) atoms. The van der Waals surface area contributed by atoms with Crippen molar-refractivity contribution in [2.75, 3.05) is 6.26 Å². The molecule has 1 rings (SSSR count). The Labute approximate surface area is 100 Å². The lowest BCUT2D eigenvalue weighted by atomic mass is 10.1. The molecule has 3 nitrogen and oxygen atoms in total. The average molecular weight is 265 g/mol. The van der Waals surface area contributed by atoms with Crippen molar-refractivity contribution < 1.29 is 8.42 Å². The second-order valence-corrected chi connectivity index (χ2v) is 7.42. The van der Waals surface area contributed by atoms with E-state index < -0.39 is 9.84 Å². The van der Waals surface area contributed by atoms with Crippen molar-refractivity contribution in [2.45, 2.75) is 31.3 Å². The van der Waals surface area contributed by atoms with Crippen LogP contribution in [0, 0.1) is 0 Å². The molecule has 0 aliphatic carbocycles. The maximum Gasteiger partial charge on any atom is 0.153 e. The first-order valence-corrected chi connectivity index (χ1v) is 8.11. The molecule has 0 saturated carbocycles. The monoisotopic (exact) mass is 265 g/mol. The normalized spacial score (nSPS) is 12.3. The first-order chi connectivity index (χ1) is 6.83. The van der Waals surface area contributed by atoms with E-state index in [9.17, 15) is 8.42 Å². The van der Waals surface area contributed by atoms with Gasteiger partial charge >= 0.3 is 0 Å². The Morgan fingerprint density at radius 1 is 1.47 bits per heavy atom. The molecule has 0 radical (unpaired) electrons. The van der Waals surface area contributed by atoms with Crippen LogP contribution in [0.3, 0.4) is 0 Å². The van der Waals surface area contributed by atoms with Gasteiger partial charge in [-0.25, -0.2) is 13.4 Å². The molecule has 0 amide bonds. The number of aromatic nitrogens is 1. The van der Waals surface area contributed by atoms with Gasteiger partial charge in [-0.2, -0.15) is 12.6 Å². The molecule has 0 aliphatic rings. The largest absolute Gasteiger partial charge is 0.245 e. The predicted octanol–water partition coefficient (Wildman–Crippen LogP) is 2.24. The highest BCUT2D eigenvalue weighted by Crippen LogP contribution is 2.27. The summed E-state index contributed by atoms with van der Waals surface area (Å²) in [4.78, 5) is 5.43. The van der Waals surface area contributed by atoms with Crippen molar-refractivity contribution in [1.82, 2.24) is 4.98 Å². The van der Waals surface area contributed by atoms with E-state index in [0.29, 0.717) is 16.7 Å². The number of hydrogen-bond acceptors (Lipinski definition) is 5. The molecule has 0 atom stereocenters. The molecular weight excluding hydrogens is 250 g/mol. The molecule has 86 valence electrons. The molecule has 0 bridgehead atoms. The maximum absolute atomic E-state index is 11.1. The van der Waals surface area contributed by atoms with E-state index in [-0.39, 0.29) is 5.75 Å². The fraction of sp³-hybridized carbons (Fsp3) is 0.667. The molecule has 0 fully saturated rings. The van der Waals surface area contributed by atoms with E-state index >= 15 is 0 Å². The Bertz CT molecular complexity index is 434. The number of sulfone groups is 1. The van der Waals surface area contributed by atoms with Crippen LogP contribution in [0.5, 0.6) is 0 Å². The van der Waals surface area contributed by atoms with Gasteiger partial charge in [0.1, 0.15) is 10.8 Å². The van der Waals surface area contributed by atoms with E-state index in [4.69, 9.17) is 0 Å². The zero-order chi connectivity index (χ0) is 11.6. The van der Waals surface area contributed by atoms with E-state index in [2.05, 4.69) is 17.6 Å². The lowest BCUT2D eigenvalue weighted by Gasteiger charge is -2.01. The second kappa shape index (κ2) is 4.84. The highest BCUT2D eigenvalue weighted by atomic mass is 32.2. The van der Waals surface area contributed by atoms with Crippen molar-refractivity contribution in [3.8, 4) is 0 Å². The second-order valence-electron chi connectivity index (χ2n) is 3.80. The summed E-state index contributed by atoms with van der Waals surface area (Å²) in [5.74, 6) is 0.969. The average Bonchev–Trinajstić information content (AvgIpc) is 2.44. The van der Waals surface area contributed by atoms with E-state index in [0.717, 1.165) is 10.6 Å². The molecule has 0 spiro atoms. The molecule has 0 N–H and O–H groups in total. The van der Waals surface area contributed by atoms with Crippen molar-refractivity contribution in [1.29, 1.82) is 0 Å². The van der Waals surface area contributed by atoms with Gasteiger partial charge in [-0.1, -0.05) is 13.8 Å². The van der Waals surface area contributed by atoms with Gasteiger partial charge in [0.2, 0.25) is 0 Å². The summed E-state index contributed by atoms with van der Waals surface area (Å²) in [6.45, 7) is 4.10. The lowest BCUT2D eigenvalue weighted by molar-refractivity contribution is 0.601. The van der Waals surface area contributed by atoms with E-state index in [1.54, 1.807) is 0 Å². The Morgan fingerprint density at radius 2 is 2.07 bits per heavy atom. The molecule has 0 aliphatic heterocycles. The minimum Gasteiger partial charge on any atom is -0.245 e. The zero-order valence-electron chi connectivity index (χ0n) is 9.02. The first-order valence-electron chi connectivity index (χ1n) is 4.60. The van der Waals surface area contributed by atoms with E-state index in [1.165, 1.54) is 17.6 Å². The Hall–Kier alpha value is -0.0700. The molecule has 0 aromatic carbocycles. The Kier molecular flexibility index (Phi) is 4.20. The molecular formula is C9H15NO2S3. The van der Waals surface area contributed by atoms with Gasteiger partial charge < -0.3 is 0 Å². The summed E-state index contributed by atoms with van der Waals surface area (Å²) in [6.07, 6.45) is 1.23. The molecule has 6 heteroatoms. The minimum absolute atomic E-state index is 0.0329. The first kappa shape index (κ1) is 13.0. The summed E-state index contributed by atoms with van der Waals surface area (Å²) in [7, 11) is -2.99. The van der Waals surface area contributed by atoms with Crippen LogP contribution in [0.15, 0.2) is 0 Å². The van der Waals surface area contributed by atoms with Crippen LogP contribution in [0.2, 0.25) is 0 Å². The van der Waals surface area contributed by atoms with Crippen molar-refractivity contribution in [3.05, 3.63) is 15.6 Å². The van der Waals surface area contributed by atoms with Crippen LogP contribution in [0.4, 0.5) is 0 Å². The van der Waals surface area contributed by atoms with Gasteiger partial charge in [0, 0.05) is 16.9 Å². The van der Waals surface area contributed by atoms with E-state index in [1.807, 2.05) is 13.8 Å². The highest BCUT2D eigenvalue weighted by Gasteiger charge is 2.15. The van der Waals surface area contributed by atoms with Gasteiger partial charge in [0.25, 0.3) is 0 Å². The van der Waals surface area contributed by atoms with Crippen molar-refractivity contribution in [2.24, 2.45) is 0 Å². The third kappa shape index (κ3) is 3.77. The highest BCUT2D eigenvalue weighted by molar-refractivity contribution is 7.90. The van der Waals surface area contributed by atoms with Crippen LogP contribution in [-0.2, 0) is 21.3 Å². The van der Waals surface area contributed by atoms with Gasteiger partial charge in [0.15, 0.2) is 9.84 Å². The minimum atomic E-state index is -2.99. The van der Waals surface area contributed by atoms with Crippen molar-refractivity contribution in [3.63, 3.8) is 0 Å². The fourth-order valence-corrected chi connectivity index (χ4v) is 3.89. The van der Waals surface area contributed by atoms with Gasteiger partial charge in [-0.3, -0.25) is 0 Å². The molecule has 1 aromatic heterocycles. The fourth-order valence-electron chi connectivity index (χ4n) is 1.26. The Morgan fingerprint density at radius 3 is 2.40 bits per heavy atom.